The van der Waals surface area contributed by atoms with E-state index in [-0.39, 0.29) is 6.03 Å². The standard InChI is InChI=1S/C23H27N7O/c1-16-4-5-20(24-15-16)26-21-6-7-22(28-27-21)29-8-10-30(11-9-29)23(31)25-19-13-17(2)12-18(3)14-19/h4-7,12-15H,8-11H2,1-3H3,(H,25,31)(H,24,26,27). The molecule has 160 valence electrons. The van der Waals surface area contributed by atoms with Crippen LogP contribution in [-0.4, -0.2) is 52.3 Å². The summed E-state index contributed by atoms with van der Waals surface area (Å²) in [5, 5.41) is 14.8. The monoisotopic (exact) mass is 417 g/mol. The molecule has 2 aromatic heterocycles. The number of pyridine rings is 1. The van der Waals surface area contributed by atoms with Gasteiger partial charge in [0.05, 0.1) is 0 Å². The average molecular weight is 418 g/mol. The molecule has 0 radical (unpaired) electrons. The van der Waals surface area contributed by atoms with Gasteiger partial charge >= 0.3 is 6.03 Å². The molecule has 3 aromatic rings. The molecule has 2 amide bonds. The Morgan fingerprint density at radius 3 is 2.16 bits per heavy atom. The lowest BCUT2D eigenvalue weighted by Crippen LogP contribution is -2.50. The molecule has 4 rings (SSSR count). The molecule has 2 N–H and O–H groups in total. The van der Waals surface area contributed by atoms with Crippen molar-refractivity contribution in [2.75, 3.05) is 41.7 Å². The molecule has 3 heterocycles. The van der Waals surface area contributed by atoms with E-state index < -0.39 is 0 Å². The van der Waals surface area contributed by atoms with Crippen molar-refractivity contribution in [1.29, 1.82) is 0 Å². The number of carbonyl (C=O) groups excluding carboxylic acids is 1. The van der Waals surface area contributed by atoms with E-state index in [1.165, 1.54) is 0 Å². The van der Waals surface area contributed by atoms with Gasteiger partial charge in [0.15, 0.2) is 11.6 Å². The molecule has 1 aromatic carbocycles. The minimum Gasteiger partial charge on any atom is -0.352 e. The van der Waals surface area contributed by atoms with Gasteiger partial charge in [-0.1, -0.05) is 12.1 Å². The highest BCUT2D eigenvalue weighted by molar-refractivity contribution is 5.89. The number of hydrogen-bond acceptors (Lipinski definition) is 6. The molecule has 0 bridgehead atoms. The summed E-state index contributed by atoms with van der Waals surface area (Å²) >= 11 is 0. The zero-order valence-electron chi connectivity index (χ0n) is 18.1. The maximum absolute atomic E-state index is 12.6. The van der Waals surface area contributed by atoms with Crippen molar-refractivity contribution in [3.8, 4) is 0 Å². The minimum atomic E-state index is -0.0686. The van der Waals surface area contributed by atoms with Gasteiger partial charge in [-0.2, -0.15) is 0 Å². The summed E-state index contributed by atoms with van der Waals surface area (Å²) < 4.78 is 0. The molecule has 0 spiro atoms. The topological polar surface area (TPSA) is 86.3 Å². The Bertz CT molecular complexity index is 1020. The number of rotatable bonds is 4. The van der Waals surface area contributed by atoms with Gasteiger partial charge in [0, 0.05) is 38.1 Å². The SMILES string of the molecule is Cc1ccc(Nc2ccc(N3CCN(C(=O)Nc4cc(C)cc(C)c4)CC3)nn2)nc1. The van der Waals surface area contributed by atoms with E-state index in [9.17, 15) is 4.79 Å². The van der Waals surface area contributed by atoms with Gasteiger partial charge in [-0.05, 0) is 67.8 Å². The summed E-state index contributed by atoms with van der Waals surface area (Å²) in [5.74, 6) is 2.18. The molecule has 31 heavy (non-hydrogen) atoms. The van der Waals surface area contributed by atoms with Crippen LogP contribution >= 0.6 is 0 Å². The van der Waals surface area contributed by atoms with E-state index in [0.717, 1.165) is 34.0 Å². The molecule has 0 atom stereocenters. The van der Waals surface area contributed by atoms with Gasteiger partial charge in [-0.15, -0.1) is 10.2 Å². The Hall–Kier alpha value is -3.68. The summed E-state index contributed by atoms with van der Waals surface area (Å²) in [4.78, 5) is 20.9. The predicted molar refractivity (Wildman–Crippen MR) is 123 cm³/mol. The highest BCUT2D eigenvalue weighted by Crippen LogP contribution is 2.18. The van der Waals surface area contributed by atoms with Gasteiger partial charge in [-0.25, -0.2) is 9.78 Å². The van der Waals surface area contributed by atoms with Gasteiger partial charge in [-0.3, -0.25) is 0 Å². The van der Waals surface area contributed by atoms with E-state index in [2.05, 4.69) is 36.8 Å². The number of hydrogen-bond donors (Lipinski definition) is 2. The van der Waals surface area contributed by atoms with Gasteiger partial charge in [0.2, 0.25) is 0 Å². The van der Waals surface area contributed by atoms with Crippen LogP contribution in [0.15, 0.2) is 48.7 Å². The number of benzene rings is 1. The fourth-order valence-corrected chi connectivity index (χ4v) is 3.62. The number of amides is 2. The molecule has 1 saturated heterocycles. The number of anilines is 4. The van der Waals surface area contributed by atoms with E-state index in [1.54, 1.807) is 6.20 Å². The van der Waals surface area contributed by atoms with Crippen molar-refractivity contribution in [2.45, 2.75) is 20.8 Å². The third kappa shape index (κ3) is 5.28. The van der Waals surface area contributed by atoms with E-state index in [0.29, 0.717) is 32.0 Å². The van der Waals surface area contributed by atoms with Crippen LogP contribution in [0, 0.1) is 20.8 Å². The minimum absolute atomic E-state index is 0.0686. The van der Waals surface area contributed by atoms with Crippen LogP contribution in [0.1, 0.15) is 16.7 Å². The van der Waals surface area contributed by atoms with E-state index >= 15 is 0 Å². The van der Waals surface area contributed by atoms with Crippen molar-refractivity contribution in [3.63, 3.8) is 0 Å². The van der Waals surface area contributed by atoms with Gasteiger partial charge in [0.25, 0.3) is 0 Å². The molecule has 1 aliphatic heterocycles. The lowest BCUT2D eigenvalue weighted by molar-refractivity contribution is 0.208. The maximum Gasteiger partial charge on any atom is 0.321 e. The lowest BCUT2D eigenvalue weighted by Gasteiger charge is -2.35. The fourth-order valence-electron chi connectivity index (χ4n) is 3.62. The van der Waals surface area contributed by atoms with Crippen LogP contribution in [0.2, 0.25) is 0 Å². The number of aryl methyl sites for hydroxylation is 3. The second-order valence-corrected chi connectivity index (χ2v) is 7.90. The van der Waals surface area contributed by atoms with Crippen molar-refractivity contribution < 1.29 is 4.79 Å². The Morgan fingerprint density at radius 2 is 1.55 bits per heavy atom. The molecule has 0 aliphatic carbocycles. The molecule has 8 nitrogen and oxygen atoms in total. The number of piperazine rings is 1. The van der Waals surface area contributed by atoms with Crippen LogP contribution in [0.3, 0.4) is 0 Å². The number of aromatic nitrogens is 3. The zero-order valence-corrected chi connectivity index (χ0v) is 18.1. The highest BCUT2D eigenvalue weighted by atomic mass is 16.2. The summed E-state index contributed by atoms with van der Waals surface area (Å²) in [7, 11) is 0. The average Bonchev–Trinajstić information content (AvgIpc) is 2.75. The Labute approximate surface area is 182 Å². The summed E-state index contributed by atoms with van der Waals surface area (Å²) in [6, 6.07) is 13.7. The van der Waals surface area contributed by atoms with Crippen molar-refractivity contribution in [1.82, 2.24) is 20.1 Å². The van der Waals surface area contributed by atoms with Crippen LogP contribution < -0.4 is 15.5 Å². The first-order valence-corrected chi connectivity index (χ1v) is 10.4. The molecule has 8 heteroatoms. The maximum atomic E-state index is 12.6. The Kier molecular flexibility index (Phi) is 5.97. The van der Waals surface area contributed by atoms with Crippen LogP contribution in [-0.2, 0) is 0 Å². The molecule has 0 unspecified atom stereocenters. The largest absolute Gasteiger partial charge is 0.352 e. The van der Waals surface area contributed by atoms with Crippen LogP contribution in [0.5, 0.6) is 0 Å². The summed E-state index contributed by atoms with van der Waals surface area (Å²) in [6.45, 7) is 8.74. The third-order valence-electron chi connectivity index (χ3n) is 5.18. The lowest BCUT2D eigenvalue weighted by atomic mass is 10.1. The molecular weight excluding hydrogens is 390 g/mol. The quantitative estimate of drug-likeness (QED) is 0.670. The van der Waals surface area contributed by atoms with Crippen molar-refractivity contribution in [2.24, 2.45) is 0 Å². The first kappa shape index (κ1) is 20.6. The Morgan fingerprint density at radius 1 is 0.839 bits per heavy atom. The van der Waals surface area contributed by atoms with Gasteiger partial charge < -0.3 is 20.4 Å². The van der Waals surface area contributed by atoms with Gasteiger partial charge in [0.1, 0.15) is 5.82 Å². The van der Waals surface area contributed by atoms with Crippen LogP contribution in [0.4, 0.5) is 27.9 Å². The first-order chi connectivity index (χ1) is 15.0. The third-order valence-corrected chi connectivity index (χ3v) is 5.18. The number of nitrogens with one attached hydrogen (secondary N) is 2. The number of carbonyl (C=O) groups is 1. The molecule has 0 saturated carbocycles. The smallest absolute Gasteiger partial charge is 0.321 e. The van der Waals surface area contributed by atoms with E-state index in [1.807, 2.05) is 62.1 Å². The Balaban J connectivity index is 1.31. The van der Waals surface area contributed by atoms with Crippen LogP contribution in [0.25, 0.3) is 0 Å². The number of nitrogens with zero attached hydrogens (tertiary/aromatic N) is 5. The zero-order chi connectivity index (χ0) is 21.8. The first-order valence-electron chi connectivity index (χ1n) is 10.4. The normalized spacial score (nSPS) is 13.8. The predicted octanol–water partition coefficient (Wildman–Crippen LogP) is 3.89. The molecule has 1 fully saturated rings. The fraction of sp³-hybridized carbons (Fsp3) is 0.304. The second-order valence-electron chi connectivity index (χ2n) is 7.90. The molecule has 1 aliphatic rings. The highest BCUT2D eigenvalue weighted by Gasteiger charge is 2.22. The van der Waals surface area contributed by atoms with E-state index in [4.69, 9.17) is 0 Å². The van der Waals surface area contributed by atoms with Crippen molar-refractivity contribution in [3.05, 3.63) is 65.4 Å². The molecular formula is C23H27N7O. The second kappa shape index (κ2) is 8.99. The number of urea groups is 1. The summed E-state index contributed by atoms with van der Waals surface area (Å²) in [6.07, 6.45) is 1.81. The van der Waals surface area contributed by atoms with Crippen molar-refractivity contribution >= 4 is 29.2 Å². The summed E-state index contributed by atoms with van der Waals surface area (Å²) in [5.41, 5.74) is 4.21.